The van der Waals surface area contributed by atoms with Gasteiger partial charge < -0.3 is 10.2 Å². The van der Waals surface area contributed by atoms with Crippen molar-refractivity contribution in [2.24, 2.45) is 5.92 Å². The van der Waals surface area contributed by atoms with E-state index in [1.807, 2.05) is 6.07 Å². The van der Waals surface area contributed by atoms with Gasteiger partial charge in [0.05, 0.1) is 5.69 Å². The Balaban J connectivity index is 1.78. The van der Waals surface area contributed by atoms with E-state index in [0.717, 1.165) is 17.4 Å². The number of rotatable bonds is 2. The van der Waals surface area contributed by atoms with E-state index in [1.165, 1.54) is 25.6 Å². The van der Waals surface area contributed by atoms with Gasteiger partial charge in [-0.1, -0.05) is 6.07 Å². The van der Waals surface area contributed by atoms with Gasteiger partial charge in [-0.3, -0.25) is 0 Å². The summed E-state index contributed by atoms with van der Waals surface area (Å²) in [6.45, 7) is 3.52. The largest absolute Gasteiger partial charge is 0.379 e. The van der Waals surface area contributed by atoms with E-state index >= 15 is 0 Å². The summed E-state index contributed by atoms with van der Waals surface area (Å²) in [7, 11) is 0. The summed E-state index contributed by atoms with van der Waals surface area (Å²) in [5, 5.41) is 3.40. The molecule has 3 unspecified atom stereocenters. The number of halogens is 2. The Labute approximate surface area is 109 Å². The van der Waals surface area contributed by atoms with E-state index in [1.54, 1.807) is 6.07 Å². The van der Waals surface area contributed by atoms with Gasteiger partial charge in [0.1, 0.15) is 5.82 Å². The molecule has 17 heavy (non-hydrogen) atoms. The summed E-state index contributed by atoms with van der Waals surface area (Å²) < 4.78 is 14.6. The molecule has 4 heteroatoms. The molecule has 0 radical (unpaired) electrons. The number of nitrogens with zero attached hydrogens (tertiary/aromatic N) is 1. The van der Waals surface area contributed by atoms with E-state index in [9.17, 15) is 4.39 Å². The minimum absolute atomic E-state index is 0.167. The zero-order valence-corrected chi connectivity index (χ0v) is 11.2. The van der Waals surface area contributed by atoms with Crippen LogP contribution < -0.4 is 5.32 Å². The molecule has 2 heterocycles. The Hall–Kier alpha value is -0.610. The van der Waals surface area contributed by atoms with Crippen LogP contribution in [0.4, 0.5) is 10.1 Å². The van der Waals surface area contributed by atoms with Crippen molar-refractivity contribution >= 4 is 21.6 Å². The van der Waals surface area contributed by atoms with Crippen LogP contribution in [0.3, 0.4) is 0 Å². The van der Waals surface area contributed by atoms with Crippen molar-refractivity contribution in [3.8, 4) is 0 Å². The van der Waals surface area contributed by atoms with Crippen molar-refractivity contribution < 1.29 is 4.39 Å². The van der Waals surface area contributed by atoms with Crippen LogP contribution in [0.1, 0.15) is 12.8 Å². The molecule has 0 amide bonds. The number of nitrogens with one attached hydrogen (secondary N) is 1. The number of fused-ring (bicyclic) bond motifs is 2. The molecule has 2 aliphatic heterocycles. The molecule has 0 aromatic heterocycles. The molecule has 2 saturated heterocycles. The highest BCUT2D eigenvalue weighted by atomic mass is 79.9. The van der Waals surface area contributed by atoms with Gasteiger partial charge in [-0.15, -0.1) is 0 Å². The molecular weight excluding hydrogens is 283 g/mol. The van der Waals surface area contributed by atoms with Gasteiger partial charge in [-0.2, -0.15) is 0 Å². The minimum atomic E-state index is -0.167. The molecule has 0 saturated carbocycles. The summed E-state index contributed by atoms with van der Waals surface area (Å²) in [5.41, 5.74) is 0.623. The highest BCUT2D eigenvalue weighted by Crippen LogP contribution is 2.32. The number of hydrogen-bond acceptors (Lipinski definition) is 2. The fourth-order valence-corrected chi connectivity index (χ4v) is 3.42. The summed E-state index contributed by atoms with van der Waals surface area (Å²) >= 11 is 3.41. The van der Waals surface area contributed by atoms with Crippen LogP contribution >= 0.6 is 15.9 Å². The second-order valence-corrected chi connectivity index (χ2v) is 5.84. The van der Waals surface area contributed by atoms with Gasteiger partial charge >= 0.3 is 0 Å². The van der Waals surface area contributed by atoms with Crippen LogP contribution in [-0.4, -0.2) is 30.6 Å². The van der Waals surface area contributed by atoms with Crippen molar-refractivity contribution in [1.29, 1.82) is 0 Å². The van der Waals surface area contributed by atoms with E-state index in [-0.39, 0.29) is 5.82 Å². The summed E-state index contributed by atoms with van der Waals surface area (Å²) in [5.74, 6) is 0.509. The third-order valence-corrected chi connectivity index (χ3v) is 4.59. The van der Waals surface area contributed by atoms with Crippen LogP contribution in [-0.2, 0) is 0 Å². The lowest BCUT2D eigenvalue weighted by atomic mass is 9.94. The third-order valence-electron chi connectivity index (χ3n) is 3.93. The fourth-order valence-electron chi connectivity index (χ4n) is 2.96. The van der Waals surface area contributed by atoms with Crippen LogP contribution in [0.5, 0.6) is 0 Å². The number of benzene rings is 1. The highest BCUT2D eigenvalue weighted by Gasteiger charge is 2.34. The first kappa shape index (κ1) is 11.5. The Bertz CT molecular complexity index is 404. The quantitative estimate of drug-likeness (QED) is 0.903. The molecule has 2 aliphatic rings. The molecule has 1 aromatic rings. The van der Waals surface area contributed by atoms with Crippen LogP contribution in [0.25, 0.3) is 0 Å². The summed E-state index contributed by atoms with van der Waals surface area (Å²) in [6, 6.07) is 5.54. The Morgan fingerprint density at radius 2 is 2.12 bits per heavy atom. The van der Waals surface area contributed by atoms with Crippen molar-refractivity contribution in [2.75, 3.05) is 25.0 Å². The van der Waals surface area contributed by atoms with Gasteiger partial charge in [0, 0.05) is 23.6 Å². The smallest absolute Gasteiger partial charge is 0.147 e. The van der Waals surface area contributed by atoms with Gasteiger partial charge in [-0.05, 0) is 53.4 Å². The predicted molar refractivity (Wildman–Crippen MR) is 70.7 cm³/mol. The maximum absolute atomic E-state index is 13.7. The first-order valence-electron chi connectivity index (χ1n) is 6.17. The maximum atomic E-state index is 13.7. The zero-order valence-electron chi connectivity index (χ0n) is 9.63. The molecular formula is C13H16BrFN2. The lowest BCUT2D eigenvalue weighted by molar-refractivity contribution is 0.254. The lowest BCUT2D eigenvalue weighted by Gasteiger charge is -2.32. The maximum Gasteiger partial charge on any atom is 0.147 e. The van der Waals surface area contributed by atoms with Crippen molar-refractivity contribution in [3.05, 3.63) is 28.5 Å². The van der Waals surface area contributed by atoms with Crippen LogP contribution in [0, 0.1) is 11.7 Å². The van der Waals surface area contributed by atoms with Gasteiger partial charge in [0.25, 0.3) is 0 Å². The van der Waals surface area contributed by atoms with Gasteiger partial charge in [0.2, 0.25) is 0 Å². The summed E-state index contributed by atoms with van der Waals surface area (Å²) in [4.78, 5) is 2.50. The van der Waals surface area contributed by atoms with E-state index in [4.69, 9.17) is 0 Å². The van der Waals surface area contributed by atoms with Crippen LogP contribution in [0.2, 0.25) is 0 Å². The van der Waals surface area contributed by atoms with Crippen LogP contribution in [0.15, 0.2) is 22.7 Å². The molecule has 1 aromatic carbocycles. The fraction of sp³-hybridized carbons (Fsp3) is 0.538. The first-order valence-corrected chi connectivity index (χ1v) is 6.96. The topological polar surface area (TPSA) is 15.3 Å². The molecule has 2 bridgehead atoms. The van der Waals surface area contributed by atoms with E-state index < -0.39 is 0 Å². The number of piperidine rings is 1. The summed E-state index contributed by atoms with van der Waals surface area (Å²) in [6.07, 6.45) is 2.36. The molecule has 3 rings (SSSR count). The SMILES string of the molecule is Fc1cccc(Br)c1NC1CCN2CCC1C2. The van der Waals surface area contributed by atoms with Crippen molar-refractivity contribution in [2.45, 2.75) is 18.9 Å². The Morgan fingerprint density at radius 1 is 1.29 bits per heavy atom. The molecule has 2 fully saturated rings. The lowest BCUT2D eigenvalue weighted by Crippen LogP contribution is -2.39. The van der Waals surface area contributed by atoms with Crippen molar-refractivity contribution in [1.82, 2.24) is 4.90 Å². The van der Waals surface area contributed by atoms with E-state index in [2.05, 4.69) is 26.1 Å². The normalized spacial score (nSPS) is 31.5. The molecule has 0 spiro atoms. The predicted octanol–water partition coefficient (Wildman–Crippen LogP) is 3.09. The Kier molecular flexibility index (Phi) is 3.09. The van der Waals surface area contributed by atoms with Crippen molar-refractivity contribution in [3.63, 3.8) is 0 Å². The molecule has 92 valence electrons. The second-order valence-electron chi connectivity index (χ2n) is 4.99. The van der Waals surface area contributed by atoms with Gasteiger partial charge in [0.15, 0.2) is 0 Å². The highest BCUT2D eigenvalue weighted by molar-refractivity contribution is 9.10. The van der Waals surface area contributed by atoms with E-state index in [0.29, 0.717) is 17.6 Å². The molecule has 0 aliphatic carbocycles. The molecule has 1 N–H and O–H groups in total. The van der Waals surface area contributed by atoms with Gasteiger partial charge in [-0.25, -0.2) is 4.39 Å². The minimum Gasteiger partial charge on any atom is -0.379 e. The molecule has 3 atom stereocenters. The number of para-hydroxylation sites is 1. The standard InChI is InChI=1S/C13H16BrFN2/c14-10-2-1-3-11(15)13(10)16-12-5-7-17-6-4-9(12)8-17/h1-3,9,12,16H,4-8H2. The monoisotopic (exact) mass is 298 g/mol. The average molecular weight is 299 g/mol. The number of anilines is 1. The zero-order chi connectivity index (χ0) is 11.8. The Morgan fingerprint density at radius 3 is 2.94 bits per heavy atom. The first-order chi connectivity index (χ1) is 8.24. The third kappa shape index (κ3) is 2.20. The second kappa shape index (κ2) is 4.58. The molecule has 2 nitrogen and oxygen atoms in total. The average Bonchev–Trinajstić information content (AvgIpc) is 2.70. The number of hydrogen-bond donors (Lipinski definition) is 1.